The summed E-state index contributed by atoms with van der Waals surface area (Å²) in [5.74, 6) is -0.511. The van der Waals surface area contributed by atoms with E-state index in [1.54, 1.807) is 4.90 Å². The van der Waals surface area contributed by atoms with E-state index in [9.17, 15) is 14.3 Å². The highest BCUT2D eigenvalue weighted by atomic mass is 19.1. The Balaban J connectivity index is 2.09. The van der Waals surface area contributed by atoms with Gasteiger partial charge in [0.05, 0.1) is 5.56 Å². The van der Waals surface area contributed by atoms with Crippen molar-refractivity contribution < 1.29 is 14.3 Å². The van der Waals surface area contributed by atoms with E-state index in [1.807, 2.05) is 6.92 Å². The van der Waals surface area contributed by atoms with Gasteiger partial charge in [0.2, 0.25) is 0 Å². The highest BCUT2D eigenvalue weighted by Gasteiger charge is 2.22. The Morgan fingerprint density at radius 2 is 2.15 bits per heavy atom. The zero-order valence-electron chi connectivity index (χ0n) is 11.7. The molecule has 1 aromatic carbocycles. The number of nitrogens with one attached hydrogen (secondary N) is 1. The first kappa shape index (κ1) is 14.8. The van der Waals surface area contributed by atoms with E-state index in [0.717, 1.165) is 38.1 Å². The van der Waals surface area contributed by atoms with Crippen molar-refractivity contribution in [2.45, 2.75) is 19.8 Å². The number of phenols is 1. The summed E-state index contributed by atoms with van der Waals surface area (Å²) in [4.78, 5) is 14.1. The average molecular weight is 280 g/mol. The second kappa shape index (κ2) is 6.70. The predicted molar refractivity (Wildman–Crippen MR) is 75.2 cm³/mol. The molecular weight excluding hydrogens is 259 g/mol. The van der Waals surface area contributed by atoms with Crippen LogP contribution in [0.4, 0.5) is 4.39 Å². The van der Waals surface area contributed by atoms with Crippen molar-refractivity contribution in [3.8, 4) is 5.75 Å². The van der Waals surface area contributed by atoms with Gasteiger partial charge in [-0.1, -0.05) is 0 Å². The van der Waals surface area contributed by atoms with Crippen LogP contribution < -0.4 is 5.32 Å². The summed E-state index contributed by atoms with van der Waals surface area (Å²) in [7, 11) is 0. The Kier molecular flexibility index (Phi) is 4.95. The van der Waals surface area contributed by atoms with Crippen LogP contribution in [0.25, 0.3) is 0 Å². The molecule has 0 saturated carbocycles. The molecule has 0 aromatic heterocycles. The number of hydrogen-bond acceptors (Lipinski definition) is 3. The number of rotatable bonds is 4. The highest BCUT2D eigenvalue weighted by Crippen LogP contribution is 2.21. The molecule has 2 N–H and O–H groups in total. The smallest absolute Gasteiger partial charge is 0.257 e. The van der Waals surface area contributed by atoms with Crippen molar-refractivity contribution in [3.05, 3.63) is 29.6 Å². The van der Waals surface area contributed by atoms with Gasteiger partial charge in [-0.3, -0.25) is 4.79 Å². The third kappa shape index (κ3) is 3.48. The molecular formula is C15H21FN2O2. The van der Waals surface area contributed by atoms with Crippen LogP contribution in [-0.2, 0) is 0 Å². The van der Waals surface area contributed by atoms with E-state index >= 15 is 0 Å². The molecule has 0 bridgehead atoms. The number of hydrogen-bond donors (Lipinski definition) is 2. The van der Waals surface area contributed by atoms with Crippen LogP contribution in [0.3, 0.4) is 0 Å². The van der Waals surface area contributed by atoms with E-state index in [4.69, 9.17) is 0 Å². The van der Waals surface area contributed by atoms with Gasteiger partial charge in [0, 0.05) is 13.1 Å². The number of amides is 1. The van der Waals surface area contributed by atoms with Gasteiger partial charge >= 0.3 is 0 Å². The van der Waals surface area contributed by atoms with E-state index in [0.29, 0.717) is 19.0 Å². The lowest BCUT2D eigenvalue weighted by molar-refractivity contribution is 0.0723. The molecule has 0 radical (unpaired) electrons. The second-order valence-corrected chi connectivity index (χ2v) is 5.20. The summed E-state index contributed by atoms with van der Waals surface area (Å²) < 4.78 is 13.2. The van der Waals surface area contributed by atoms with E-state index < -0.39 is 5.82 Å². The Morgan fingerprint density at radius 3 is 2.80 bits per heavy atom. The minimum atomic E-state index is -0.510. The lowest BCUT2D eigenvalue weighted by atomic mass is 9.97. The molecule has 1 saturated heterocycles. The summed E-state index contributed by atoms with van der Waals surface area (Å²) in [6.07, 6.45) is 2.08. The molecule has 0 spiro atoms. The Bertz CT molecular complexity index is 473. The van der Waals surface area contributed by atoms with Crippen LogP contribution in [0.2, 0.25) is 0 Å². The van der Waals surface area contributed by atoms with Gasteiger partial charge in [0.25, 0.3) is 5.91 Å². The number of nitrogens with zero attached hydrogens (tertiary/aromatic N) is 1. The lowest BCUT2D eigenvalue weighted by Gasteiger charge is -2.29. The fourth-order valence-electron chi connectivity index (χ4n) is 2.58. The van der Waals surface area contributed by atoms with Gasteiger partial charge in [-0.05, 0) is 57.0 Å². The summed E-state index contributed by atoms with van der Waals surface area (Å²) in [6, 6.07) is 3.47. The van der Waals surface area contributed by atoms with Gasteiger partial charge in [-0.15, -0.1) is 0 Å². The van der Waals surface area contributed by atoms with Crippen LogP contribution in [0.5, 0.6) is 5.75 Å². The minimum Gasteiger partial charge on any atom is -0.507 e. The fourth-order valence-corrected chi connectivity index (χ4v) is 2.58. The molecule has 1 aromatic rings. The number of benzene rings is 1. The molecule has 1 heterocycles. The number of halogens is 1. The Labute approximate surface area is 118 Å². The summed E-state index contributed by atoms with van der Waals surface area (Å²) >= 11 is 0. The normalized spacial score (nSPS) is 16.1. The summed E-state index contributed by atoms with van der Waals surface area (Å²) in [5, 5.41) is 13.0. The van der Waals surface area contributed by atoms with Gasteiger partial charge in [-0.2, -0.15) is 0 Å². The summed E-state index contributed by atoms with van der Waals surface area (Å²) in [5.41, 5.74) is 0.0424. The predicted octanol–water partition coefficient (Wildman–Crippen LogP) is 1.99. The average Bonchev–Trinajstić information content (AvgIpc) is 2.47. The molecule has 0 atom stereocenters. The number of phenolic OH excluding ortho intramolecular Hbond substituents is 1. The zero-order valence-corrected chi connectivity index (χ0v) is 11.7. The van der Waals surface area contributed by atoms with E-state index in [-0.39, 0.29) is 17.2 Å². The largest absolute Gasteiger partial charge is 0.507 e. The fraction of sp³-hybridized carbons (Fsp3) is 0.533. The topological polar surface area (TPSA) is 52.6 Å². The van der Waals surface area contributed by atoms with Crippen LogP contribution in [0, 0.1) is 11.7 Å². The molecule has 20 heavy (non-hydrogen) atoms. The maximum atomic E-state index is 13.2. The monoisotopic (exact) mass is 280 g/mol. The minimum absolute atomic E-state index is 0.0424. The molecule has 2 rings (SSSR count). The number of carbonyl (C=O) groups excluding carboxylic acids is 1. The molecule has 5 heteroatoms. The standard InChI is InChI=1S/C15H21FN2O2/c1-2-18(10-11-5-7-17-8-6-11)15(20)13-9-12(16)3-4-14(13)19/h3-4,9,11,17,19H,2,5-8,10H2,1H3. The Morgan fingerprint density at radius 1 is 1.45 bits per heavy atom. The van der Waals surface area contributed by atoms with Crippen molar-refractivity contribution in [2.24, 2.45) is 5.92 Å². The highest BCUT2D eigenvalue weighted by molar-refractivity contribution is 5.96. The van der Waals surface area contributed by atoms with Crippen LogP contribution in [0.15, 0.2) is 18.2 Å². The molecule has 1 aliphatic heterocycles. The van der Waals surface area contributed by atoms with E-state index in [1.165, 1.54) is 6.07 Å². The molecule has 110 valence electrons. The van der Waals surface area contributed by atoms with Crippen molar-refractivity contribution in [2.75, 3.05) is 26.2 Å². The van der Waals surface area contributed by atoms with Gasteiger partial charge in [-0.25, -0.2) is 4.39 Å². The number of carbonyl (C=O) groups is 1. The van der Waals surface area contributed by atoms with Gasteiger partial charge in [0.15, 0.2) is 0 Å². The van der Waals surface area contributed by atoms with Crippen molar-refractivity contribution >= 4 is 5.91 Å². The van der Waals surface area contributed by atoms with Crippen molar-refractivity contribution in [1.29, 1.82) is 0 Å². The van der Waals surface area contributed by atoms with Gasteiger partial charge < -0.3 is 15.3 Å². The number of piperidine rings is 1. The van der Waals surface area contributed by atoms with Crippen LogP contribution in [0.1, 0.15) is 30.1 Å². The molecule has 1 amide bonds. The second-order valence-electron chi connectivity index (χ2n) is 5.20. The first-order chi connectivity index (χ1) is 9.61. The van der Waals surface area contributed by atoms with Crippen molar-refractivity contribution in [1.82, 2.24) is 10.2 Å². The first-order valence-electron chi connectivity index (χ1n) is 7.10. The van der Waals surface area contributed by atoms with E-state index in [2.05, 4.69) is 5.32 Å². The third-order valence-electron chi connectivity index (χ3n) is 3.80. The number of aromatic hydroxyl groups is 1. The van der Waals surface area contributed by atoms with Crippen LogP contribution in [-0.4, -0.2) is 42.1 Å². The lowest BCUT2D eigenvalue weighted by Crippen LogP contribution is -2.39. The van der Waals surface area contributed by atoms with Crippen molar-refractivity contribution in [3.63, 3.8) is 0 Å². The SMILES string of the molecule is CCN(CC1CCNCC1)C(=O)c1cc(F)ccc1O. The maximum absolute atomic E-state index is 13.2. The zero-order chi connectivity index (χ0) is 14.5. The molecule has 1 fully saturated rings. The molecule has 0 unspecified atom stereocenters. The molecule has 1 aliphatic rings. The maximum Gasteiger partial charge on any atom is 0.257 e. The Hall–Kier alpha value is -1.62. The molecule has 4 nitrogen and oxygen atoms in total. The third-order valence-corrected chi connectivity index (χ3v) is 3.80. The molecule has 0 aliphatic carbocycles. The quantitative estimate of drug-likeness (QED) is 0.887. The summed E-state index contributed by atoms with van der Waals surface area (Å²) in [6.45, 7) is 5.06. The first-order valence-corrected chi connectivity index (χ1v) is 7.10. The van der Waals surface area contributed by atoms with Crippen LogP contribution >= 0.6 is 0 Å². The van der Waals surface area contributed by atoms with Gasteiger partial charge in [0.1, 0.15) is 11.6 Å².